The van der Waals surface area contributed by atoms with Gasteiger partial charge in [0.05, 0.1) is 23.2 Å². The summed E-state index contributed by atoms with van der Waals surface area (Å²) in [6.45, 7) is 0. The van der Waals surface area contributed by atoms with Crippen molar-refractivity contribution in [1.29, 1.82) is 0 Å². The van der Waals surface area contributed by atoms with E-state index in [-0.39, 0.29) is 17.9 Å². The van der Waals surface area contributed by atoms with Gasteiger partial charge in [-0.15, -0.1) is 0 Å². The molecule has 0 aliphatic heterocycles. The smallest absolute Gasteiger partial charge is 0.272 e. The van der Waals surface area contributed by atoms with Crippen LogP contribution >= 0.6 is 0 Å². The summed E-state index contributed by atoms with van der Waals surface area (Å²) in [5, 5.41) is 11.6. The van der Waals surface area contributed by atoms with Crippen LogP contribution in [0.15, 0.2) is 59.5 Å². The van der Waals surface area contributed by atoms with Crippen LogP contribution in [0, 0.1) is 0 Å². The van der Waals surface area contributed by atoms with E-state index in [1.54, 1.807) is 18.2 Å². The SMILES string of the molecule is O=C(Cc1n[nH]c(=O)c2ccccc12)Nc1cccc2[nH]ccc12. The fraction of sp³-hybridized carbons (Fsp3) is 0.0556. The Labute approximate surface area is 136 Å². The molecule has 3 N–H and O–H groups in total. The van der Waals surface area contributed by atoms with E-state index >= 15 is 0 Å². The summed E-state index contributed by atoms with van der Waals surface area (Å²) in [7, 11) is 0. The fourth-order valence-electron chi connectivity index (χ4n) is 2.85. The Balaban J connectivity index is 1.64. The number of hydrogen-bond acceptors (Lipinski definition) is 3. The first kappa shape index (κ1) is 14.2. The van der Waals surface area contributed by atoms with Gasteiger partial charge in [0.25, 0.3) is 5.56 Å². The molecule has 118 valence electrons. The van der Waals surface area contributed by atoms with E-state index in [0.29, 0.717) is 16.5 Å². The quantitative estimate of drug-likeness (QED) is 0.542. The van der Waals surface area contributed by atoms with Gasteiger partial charge in [0.1, 0.15) is 0 Å². The lowest BCUT2D eigenvalue weighted by molar-refractivity contribution is -0.115. The Morgan fingerprint density at radius 1 is 1.00 bits per heavy atom. The van der Waals surface area contributed by atoms with E-state index in [9.17, 15) is 9.59 Å². The lowest BCUT2D eigenvalue weighted by Crippen LogP contribution is -2.18. The van der Waals surface area contributed by atoms with Gasteiger partial charge in [-0.2, -0.15) is 5.10 Å². The molecule has 4 rings (SSSR count). The number of amides is 1. The van der Waals surface area contributed by atoms with Crippen LogP contribution in [-0.4, -0.2) is 21.1 Å². The second kappa shape index (κ2) is 5.66. The highest BCUT2D eigenvalue weighted by atomic mass is 16.1. The molecule has 0 spiro atoms. The summed E-state index contributed by atoms with van der Waals surface area (Å²) in [4.78, 5) is 27.3. The van der Waals surface area contributed by atoms with Crippen LogP contribution in [0.25, 0.3) is 21.7 Å². The van der Waals surface area contributed by atoms with Gasteiger partial charge < -0.3 is 10.3 Å². The van der Waals surface area contributed by atoms with E-state index in [0.717, 1.165) is 16.6 Å². The molecule has 24 heavy (non-hydrogen) atoms. The molecule has 2 heterocycles. The van der Waals surface area contributed by atoms with Crippen LogP contribution in [0.4, 0.5) is 5.69 Å². The van der Waals surface area contributed by atoms with Crippen molar-refractivity contribution in [2.24, 2.45) is 0 Å². The molecule has 0 bridgehead atoms. The summed E-state index contributed by atoms with van der Waals surface area (Å²) in [5.41, 5.74) is 1.99. The van der Waals surface area contributed by atoms with Gasteiger partial charge in [-0.1, -0.05) is 24.3 Å². The Hall–Kier alpha value is -3.41. The number of fused-ring (bicyclic) bond motifs is 2. The summed E-state index contributed by atoms with van der Waals surface area (Å²) >= 11 is 0. The Bertz CT molecular complexity index is 1110. The monoisotopic (exact) mass is 318 g/mol. The number of nitrogens with one attached hydrogen (secondary N) is 3. The summed E-state index contributed by atoms with van der Waals surface area (Å²) < 4.78 is 0. The number of carbonyl (C=O) groups is 1. The number of anilines is 1. The van der Waals surface area contributed by atoms with Crippen molar-refractivity contribution in [3.63, 3.8) is 0 Å². The predicted molar refractivity (Wildman–Crippen MR) is 93.0 cm³/mol. The molecule has 0 saturated heterocycles. The van der Waals surface area contributed by atoms with Crippen LogP contribution in [-0.2, 0) is 11.2 Å². The van der Waals surface area contributed by atoms with Crippen molar-refractivity contribution in [2.75, 3.05) is 5.32 Å². The highest BCUT2D eigenvalue weighted by molar-refractivity contribution is 6.02. The van der Waals surface area contributed by atoms with E-state index in [1.807, 2.05) is 36.5 Å². The molecule has 2 aromatic carbocycles. The van der Waals surface area contributed by atoms with Gasteiger partial charge in [0.15, 0.2) is 0 Å². The van der Waals surface area contributed by atoms with Crippen LogP contribution in [0.3, 0.4) is 0 Å². The minimum absolute atomic E-state index is 0.0815. The zero-order valence-corrected chi connectivity index (χ0v) is 12.7. The van der Waals surface area contributed by atoms with Crippen LogP contribution in [0.5, 0.6) is 0 Å². The lowest BCUT2D eigenvalue weighted by Gasteiger charge is -2.08. The number of nitrogens with zero attached hydrogens (tertiary/aromatic N) is 1. The molecular weight excluding hydrogens is 304 g/mol. The number of hydrogen-bond donors (Lipinski definition) is 3. The average Bonchev–Trinajstić information content (AvgIpc) is 3.07. The normalized spacial score (nSPS) is 11.0. The maximum Gasteiger partial charge on any atom is 0.272 e. The van der Waals surface area contributed by atoms with Crippen molar-refractivity contribution >= 4 is 33.3 Å². The van der Waals surface area contributed by atoms with Crippen molar-refractivity contribution in [3.05, 3.63) is 70.8 Å². The van der Waals surface area contributed by atoms with Gasteiger partial charge in [-0.05, 0) is 24.3 Å². The van der Waals surface area contributed by atoms with Gasteiger partial charge >= 0.3 is 0 Å². The summed E-state index contributed by atoms with van der Waals surface area (Å²) in [6.07, 6.45) is 1.91. The van der Waals surface area contributed by atoms with Gasteiger partial charge in [0, 0.05) is 22.5 Å². The standard InChI is InChI=1S/C18H14N4O2/c23-17(20-15-7-3-6-14-13(15)8-9-19-14)10-16-11-4-1-2-5-12(11)18(24)22-21-16/h1-9,19H,10H2,(H,20,23)(H,22,24). The number of aromatic amines is 2. The Kier molecular flexibility index (Phi) is 3.35. The first-order valence-corrected chi connectivity index (χ1v) is 7.54. The van der Waals surface area contributed by atoms with Crippen molar-refractivity contribution in [3.8, 4) is 0 Å². The molecule has 0 radical (unpaired) electrons. The molecule has 1 amide bonds. The van der Waals surface area contributed by atoms with Gasteiger partial charge in [-0.25, -0.2) is 5.10 Å². The molecule has 0 aliphatic carbocycles. The highest BCUT2D eigenvalue weighted by Crippen LogP contribution is 2.22. The predicted octanol–water partition coefficient (Wildman–Crippen LogP) is 2.59. The number of aromatic nitrogens is 3. The molecule has 2 aromatic heterocycles. The van der Waals surface area contributed by atoms with Crippen molar-refractivity contribution in [2.45, 2.75) is 6.42 Å². The number of carbonyl (C=O) groups excluding carboxylic acids is 1. The number of H-pyrrole nitrogens is 2. The first-order chi connectivity index (χ1) is 11.7. The van der Waals surface area contributed by atoms with E-state index in [2.05, 4.69) is 20.5 Å². The van der Waals surface area contributed by atoms with Crippen molar-refractivity contribution < 1.29 is 4.79 Å². The molecule has 0 saturated carbocycles. The zero-order chi connectivity index (χ0) is 16.5. The minimum atomic E-state index is -0.258. The Morgan fingerprint density at radius 2 is 1.83 bits per heavy atom. The fourth-order valence-corrected chi connectivity index (χ4v) is 2.85. The molecule has 0 unspecified atom stereocenters. The summed E-state index contributed by atoms with van der Waals surface area (Å²) in [6, 6.07) is 14.7. The molecule has 0 aliphatic rings. The van der Waals surface area contributed by atoms with Crippen LogP contribution in [0.1, 0.15) is 5.69 Å². The van der Waals surface area contributed by atoms with Gasteiger partial charge in [0.2, 0.25) is 5.91 Å². The van der Waals surface area contributed by atoms with Gasteiger partial charge in [-0.3, -0.25) is 9.59 Å². The van der Waals surface area contributed by atoms with Crippen LogP contribution in [0.2, 0.25) is 0 Å². The molecular formula is C18H14N4O2. The molecule has 6 nitrogen and oxygen atoms in total. The second-order valence-corrected chi connectivity index (χ2v) is 5.51. The molecule has 0 atom stereocenters. The minimum Gasteiger partial charge on any atom is -0.361 e. The lowest BCUT2D eigenvalue weighted by atomic mass is 10.1. The van der Waals surface area contributed by atoms with E-state index in [1.165, 1.54) is 0 Å². The zero-order valence-electron chi connectivity index (χ0n) is 12.7. The van der Waals surface area contributed by atoms with E-state index in [4.69, 9.17) is 0 Å². The number of benzene rings is 2. The third kappa shape index (κ3) is 2.44. The Morgan fingerprint density at radius 3 is 2.71 bits per heavy atom. The van der Waals surface area contributed by atoms with Crippen molar-refractivity contribution in [1.82, 2.24) is 15.2 Å². The molecule has 0 fully saturated rings. The molecule has 4 aromatic rings. The third-order valence-corrected chi connectivity index (χ3v) is 3.97. The highest BCUT2D eigenvalue weighted by Gasteiger charge is 2.12. The van der Waals surface area contributed by atoms with Crippen LogP contribution < -0.4 is 10.9 Å². The molecule has 6 heteroatoms. The largest absolute Gasteiger partial charge is 0.361 e. The number of rotatable bonds is 3. The third-order valence-electron chi connectivity index (χ3n) is 3.97. The topological polar surface area (TPSA) is 90.6 Å². The van der Waals surface area contributed by atoms with E-state index < -0.39 is 0 Å². The second-order valence-electron chi connectivity index (χ2n) is 5.51. The maximum absolute atomic E-state index is 12.4. The maximum atomic E-state index is 12.4. The summed E-state index contributed by atoms with van der Waals surface area (Å²) in [5.74, 6) is -0.187. The first-order valence-electron chi connectivity index (χ1n) is 7.54. The average molecular weight is 318 g/mol.